The number of allylic oxidation sites excluding steroid dienone is 3. The molecule has 0 bridgehead atoms. The van der Waals surface area contributed by atoms with Crippen LogP contribution in [0.15, 0.2) is 53.2 Å². The summed E-state index contributed by atoms with van der Waals surface area (Å²) in [6.45, 7) is 8.07. The minimum absolute atomic E-state index is 0.222. The van der Waals surface area contributed by atoms with Gasteiger partial charge in [0, 0.05) is 5.56 Å². The fourth-order valence-electron chi connectivity index (χ4n) is 2.35. The Hall–Kier alpha value is -2.36. The first-order valence-corrected chi connectivity index (χ1v) is 7.34. The van der Waals surface area contributed by atoms with Crippen molar-refractivity contribution in [2.45, 2.75) is 26.7 Å². The third-order valence-corrected chi connectivity index (χ3v) is 3.95. The highest BCUT2D eigenvalue weighted by Crippen LogP contribution is 2.26. The van der Waals surface area contributed by atoms with E-state index in [4.69, 9.17) is 4.74 Å². The van der Waals surface area contributed by atoms with Crippen LogP contribution in [0.1, 0.15) is 37.0 Å². The summed E-state index contributed by atoms with van der Waals surface area (Å²) in [6.07, 6.45) is 3.97. The number of ether oxygens (including phenoxy) is 1. The predicted octanol–water partition coefficient (Wildman–Crippen LogP) is 3.71. The molecule has 0 spiro atoms. The van der Waals surface area contributed by atoms with Crippen LogP contribution in [0.25, 0.3) is 0 Å². The maximum Gasteiger partial charge on any atom is 0.271 e. The minimum Gasteiger partial charge on any atom is -0.497 e. The molecule has 0 saturated carbocycles. The lowest BCUT2D eigenvalue weighted by atomic mass is 9.85. The Morgan fingerprint density at radius 3 is 2.64 bits per heavy atom. The highest BCUT2D eigenvalue weighted by Gasteiger charge is 2.18. The van der Waals surface area contributed by atoms with Crippen molar-refractivity contribution >= 4 is 11.6 Å². The zero-order valence-corrected chi connectivity index (χ0v) is 13.3. The van der Waals surface area contributed by atoms with Gasteiger partial charge >= 0.3 is 0 Å². The van der Waals surface area contributed by atoms with E-state index in [2.05, 4.69) is 23.2 Å². The van der Waals surface area contributed by atoms with E-state index in [1.165, 1.54) is 0 Å². The molecule has 4 nitrogen and oxygen atoms in total. The lowest BCUT2D eigenvalue weighted by molar-refractivity contribution is 0.0954. The van der Waals surface area contributed by atoms with E-state index >= 15 is 0 Å². The molecule has 22 heavy (non-hydrogen) atoms. The molecule has 0 aliphatic heterocycles. The average Bonchev–Trinajstić information content (AvgIpc) is 2.53. The van der Waals surface area contributed by atoms with Gasteiger partial charge in [0.15, 0.2) is 0 Å². The second-order valence-electron chi connectivity index (χ2n) is 5.60. The number of nitrogens with zero attached hydrogens (tertiary/aromatic N) is 1. The third-order valence-electron chi connectivity index (χ3n) is 3.95. The lowest BCUT2D eigenvalue weighted by Crippen LogP contribution is -2.23. The van der Waals surface area contributed by atoms with Crippen LogP contribution in [0.5, 0.6) is 5.75 Å². The number of methoxy groups -OCH3 is 1. The summed E-state index contributed by atoms with van der Waals surface area (Å²) in [5.74, 6) is 0.902. The molecular formula is C18H22N2O2. The molecule has 1 aliphatic carbocycles. The molecule has 1 aromatic carbocycles. The van der Waals surface area contributed by atoms with Crippen molar-refractivity contribution < 1.29 is 9.53 Å². The summed E-state index contributed by atoms with van der Waals surface area (Å²) in [5, 5.41) is 4.29. The number of benzene rings is 1. The summed E-state index contributed by atoms with van der Waals surface area (Å²) in [5.41, 5.74) is 6.38. The molecule has 1 N–H and O–H groups in total. The number of amides is 1. The van der Waals surface area contributed by atoms with Crippen molar-refractivity contribution in [2.75, 3.05) is 7.11 Å². The molecule has 0 radical (unpaired) electrons. The van der Waals surface area contributed by atoms with Gasteiger partial charge in [-0.15, -0.1) is 0 Å². The van der Waals surface area contributed by atoms with Crippen molar-refractivity contribution in [3.05, 3.63) is 53.6 Å². The van der Waals surface area contributed by atoms with E-state index in [1.807, 2.05) is 13.8 Å². The zero-order valence-electron chi connectivity index (χ0n) is 13.3. The van der Waals surface area contributed by atoms with Crippen molar-refractivity contribution in [1.29, 1.82) is 0 Å². The van der Waals surface area contributed by atoms with E-state index < -0.39 is 0 Å². The van der Waals surface area contributed by atoms with E-state index in [0.29, 0.717) is 11.5 Å². The van der Waals surface area contributed by atoms with Crippen LogP contribution in [-0.2, 0) is 0 Å². The summed E-state index contributed by atoms with van der Waals surface area (Å²) in [7, 11) is 1.59. The van der Waals surface area contributed by atoms with Gasteiger partial charge in [-0.2, -0.15) is 5.10 Å². The first-order chi connectivity index (χ1) is 10.5. The molecule has 1 amide bonds. The molecule has 0 saturated heterocycles. The quantitative estimate of drug-likeness (QED) is 0.680. The standard InChI is InChI=1S/C18H22N2O2/c1-12(2)15-6-5-13(3)17(11-15)19-20-18(21)14-7-9-16(22-4)10-8-14/h5,7-10,15H,1,6,11H2,2-4H3,(H,20,21)/b19-17-/t15-/m0/s1. The minimum atomic E-state index is -0.222. The first-order valence-electron chi connectivity index (χ1n) is 7.34. The molecule has 4 heteroatoms. The van der Waals surface area contributed by atoms with Gasteiger partial charge < -0.3 is 4.74 Å². The number of hydrazone groups is 1. The SMILES string of the molecule is C=C(C)[C@H]1CC=C(C)/C(=N\NC(=O)c2ccc(OC)cc2)C1. The van der Waals surface area contributed by atoms with Crippen LogP contribution in [0.4, 0.5) is 0 Å². The van der Waals surface area contributed by atoms with E-state index in [-0.39, 0.29) is 5.91 Å². The second-order valence-corrected chi connectivity index (χ2v) is 5.60. The van der Waals surface area contributed by atoms with Crippen LogP contribution in [0.3, 0.4) is 0 Å². The van der Waals surface area contributed by atoms with Gasteiger partial charge in [0.2, 0.25) is 0 Å². The van der Waals surface area contributed by atoms with Crippen LogP contribution >= 0.6 is 0 Å². The van der Waals surface area contributed by atoms with Gasteiger partial charge in [-0.25, -0.2) is 5.43 Å². The molecular weight excluding hydrogens is 276 g/mol. The number of hydrogen-bond acceptors (Lipinski definition) is 3. The summed E-state index contributed by atoms with van der Waals surface area (Å²) in [4.78, 5) is 12.1. The van der Waals surface area contributed by atoms with Crippen molar-refractivity contribution in [2.24, 2.45) is 11.0 Å². The summed E-state index contributed by atoms with van der Waals surface area (Å²) < 4.78 is 5.08. The number of rotatable bonds is 4. The zero-order chi connectivity index (χ0) is 16.1. The molecule has 0 fully saturated rings. The average molecular weight is 298 g/mol. The molecule has 0 unspecified atom stereocenters. The van der Waals surface area contributed by atoms with E-state index in [1.54, 1.807) is 31.4 Å². The Balaban J connectivity index is 2.06. The summed E-state index contributed by atoms with van der Waals surface area (Å²) >= 11 is 0. The number of carbonyl (C=O) groups excluding carboxylic acids is 1. The van der Waals surface area contributed by atoms with Gasteiger partial charge in [0.25, 0.3) is 5.91 Å². The highest BCUT2D eigenvalue weighted by atomic mass is 16.5. The van der Waals surface area contributed by atoms with Gasteiger partial charge in [-0.1, -0.05) is 18.2 Å². The monoisotopic (exact) mass is 298 g/mol. The van der Waals surface area contributed by atoms with Crippen molar-refractivity contribution in [1.82, 2.24) is 5.43 Å². The molecule has 2 rings (SSSR count). The van der Waals surface area contributed by atoms with E-state index in [9.17, 15) is 4.79 Å². The van der Waals surface area contributed by atoms with Gasteiger partial charge in [0.05, 0.1) is 12.8 Å². The maximum atomic E-state index is 12.1. The van der Waals surface area contributed by atoms with E-state index in [0.717, 1.165) is 35.4 Å². The van der Waals surface area contributed by atoms with Crippen LogP contribution in [0, 0.1) is 5.92 Å². The predicted molar refractivity (Wildman–Crippen MR) is 89.2 cm³/mol. The summed E-state index contributed by atoms with van der Waals surface area (Å²) in [6, 6.07) is 6.94. The molecule has 1 aromatic rings. The first kappa shape index (κ1) is 16.0. The van der Waals surface area contributed by atoms with Crippen LogP contribution in [0.2, 0.25) is 0 Å². The van der Waals surface area contributed by atoms with Gasteiger partial charge in [-0.05, 0) is 62.4 Å². The van der Waals surface area contributed by atoms with Crippen molar-refractivity contribution in [3.8, 4) is 5.75 Å². The second kappa shape index (κ2) is 7.07. The number of carbonyl (C=O) groups is 1. The Bertz CT molecular complexity index is 627. The Labute approximate surface area is 131 Å². The Morgan fingerprint density at radius 2 is 2.05 bits per heavy atom. The maximum absolute atomic E-state index is 12.1. The highest BCUT2D eigenvalue weighted by molar-refractivity contribution is 6.02. The topological polar surface area (TPSA) is 50.7 Å². The van der Waals surface area contributed by atoms with Gasteiger partial charge in [-0.3, -0.25) is 4.79 Å². The molecule has 1 aliphatic rings. The molecule has 0 heterocycles. The third kappa shape index (κ3) is 3.85. The number of nitrogens with one attached hydrogen (secondary N) is 1. The smallest absolute Gasteiger partial charge is 0.271 e. The molecule has 116 valence electrons. The number of hydrogen-bond donors (Lipinski definition) is 1. The Morgan fingerprint density at radius 1 is 1.36 bits per heavy atom. The molecule has 1 atom stereocenters. The van der Waals surface area contributed by atoms with Crippen molar-refractivity contribution in [3.63, 3.8) is 0 Å². The largest absolute Gasteiger partial charge is 0.497 e. The molecule has 0 aromatic heterocycles. The normalized spacial score (nSPS) is 19.5. The Kier molecular flexibility index (Phi) is 5.15. The lowest BCUT2D eigenvalue weighted by Gasteiger charge is -2.22. The van der Waals surface area contributed by atoms with Crippen LogP contribution < -0.4 is 10.2 Å². The fraction of sp³-hybridized carbons (Fsp3) is 0.333. The van der Waals surface area contributed by atoms with Crippen LogP contribution in [-0.4, -0.2) is 18.7 Å². The van der Waals surface area contributed by atoms with Gasteiger partial charge in [0.1, 0.15) is 5.75 Å². The fourth-order valence-corrected chi connectivity index (χ4v) is 2.35.